The average Bonchev–Trinajstić information content (AvgIpc) is 3.22. The second-order valence-electron chi connectivity index (χ2n) is 4.90. The minimum Gasteiger partial charge on any atom is -0.335 e. The third-order valence-electron chi connectivity index (χ3n) is 3.60. The largest absolute Gasteiger partial charge is 0.335 e. The maximum atomic E-state index is 13.0. The van der Waals surface area contributed by atoms with E-state index in [1.54, 1.807) is 11.0 Å². The van der Waals surface area contributed by atoms with Gasteiger partial charge in [0.15, 0.2) is 0 Å². The number of piperazine rings is 1. The highest BCUT2D eigenvalue weighted by molar-refractivity contribution is 5.92. The molecule has 2 aliphatic rings. The van der Waals surface area contributed by atoms with Gasteiger partial charge in [0.1, 0.15) is 5.69 Å². The van der Waals surface area contributed by atoms with Gasteiger partial charge in [-0.25, -0.2) is 4.98 Å². The number of carbonyl (C=O) groups is 1. The summed E-state index contributed by atoms with van der Waals surface area (Å²) in [7, 11) is 0. The zero-order valence-corrected chi connectivity index (χ0v) is 10.2. The number of hydrogen-bond acceptors (Lipinski definition) is 3. The lowest BCUT2D eigenvalue weighted by Gasteiger charge is -2.34. The molecule has 0 radical (unpaired) electrons. The maximum Gasteiger partial charge on any atom is 0.272 e. The number of amides is 1. The topological polar surface area (TPSA) is 36.4 Å². The van der Waals surface area contributed by atoms with Crippen molar-refractivity contribution in [1.82, 2.24) is 14.8 Å². The molecule has 3 rings (SSSR count). The van der Waals surface area contributed by atoms with Gasteiger partial charge in [-0.3, -0.25) is 9.69 Å². The van der Waals surface area contributed by atoms with E-state index in [9.17, 15) is 9.18 Å². The Hall–Kier alpha value is -1.49. The van der Waals surface area contributed by atoms with Crippen LogP contribution in [0.3, 0.4) is 0 Å². The monoisotopic (exact) mass is 249 g/mol. The third kappa shape index (κ3) is 2.36. The van der Waals surface area contributed by atoms with E-state index in [2.05, 4.69) is 9.88 Å². The van der Waals surface area contributed by atoms with Crippen LogP contribution in [0.1, 0.15) is 23.3 Å². The van der Waals surface area contributed by atoms with Crippen molar-refractivity contribution in [1.29, 1.82) is 0 Å². The normalized spacial score (nSPS) is 21.1. The summed E-state index contributed by atoms with van der Waals surface area (Å²) in [5.74, 6) is -0.762. The van der Waals surface area contributed by atoms with Gasteiger partial charge < -0.3 is 4.90 Å². The number of nitrogens with zero attached hydrogens (tertiary/aromatic N) is 3. The van der Waals surface area contributed by atoms with Crippen LogP contribution >= 0.6 is 0 Å². The molecule has 1 saturated heterocycles. The smallest absolute Gasteiger partial charge is 0.272 e. The number of halogens is 1. The van der Waals surface area contributed by atoms with Gasteiger partial charge in [0.05, 0.1) is 0 Å². The fraction of sp³-hybridized carbons (Fsp3) is 0.538. The van der Waals surface area contributed by atoms with Crippen LogP contribution in [0.25, 0.3) is 0 Å². The van der Waals surface area contributed by atoms with Gasteiger partial charge in [-0.15, -0.1) is 0 Å². The molecule has 0 atom stereocenters. The molecule has 0 spiro atoms. The molecule has 1 aromatic rings. The first-order valence-electron chi connectivity index (χ1n) is 6.40. The molecule has 18 heavy (non-hydrogen) atoms. The summed E-state index contributed by atoms with van der Waals surface area (Å²) in [6.45, 7) is 3.28. The van der Waals surface area contributed by atoms with Crippen LogP contribution < -0.4 is 0 Å². The molecule has 96 valence electrons. The molecule has 2 fully saturated rings. The summed E-state index contributed by atoms with van der Waals surface area (Å²) in [5.41, 5.74) is 0.204. The zero-order valence-electron chi connectivity index (χ0n) is 10.2. The lowest BCUT2D eigenvalue weighted by atomic mass is 10.2. The number of rotatable bonds is 2. The van der Waals surface area contributed by atoms with Crippen molar-refractivity contribution in [2.24, 2.45) is 0 Å². The van der Waals surface area contributed by atoms with Crippen molar-refractivity contribution >= 4 is 5.91 Å². The van der Waals surface area contributed by atoms with Gasteiger partial charge in [-0.05, 0) is 25.0 Å². The Balaban J connectivity index is 1.63. The highest BCUT2D eigenvalue weighted by Crippen LogP contribution is 2.27. The second kappa shape index (κ2) is 4.65. The molecule has 2 heterocycles. The summed E-state index contributed by atoms with van der Waals surface area (Å²) < 4.78 is 13.0. The molecule has 4 nitrogen and oxygen atoms in total. The van der Waals surface area contributed by atoms with E-state index in [1.807, 2.05) is 0 Å². The van der Waals surface area contributed by atoms with Crippen LogP contribution in [-0.4, -0.2) is 52.9 Å². The Morgan fingerprint density at radius 3 is 2.56 bits per heavy atom. The standard InChI is InChI=1S/C13H16FN3O/c14-12-3-1-2-11(15-12)13(18)17-8-6-16(7-9-17)10-4-5-10/h1-3,10H,4-9H2. The van der Waals surface area contributed by atoms with Gasteiger partial charge in [0.2, 0.25) is 5.95 Å². The van der Waals surface area contributed by atoms with Crippen LogP contribution in [0, 0.1) is 5.95 Å². The van der Waals surface area contributed by atoms with Crippen molar-refractivity contribution in [2.45, 2.75) is 18.9 Å². The van der Waals surface area contributed by atoms with Crippen LogP contribution in [0.4, 0.5) is 4.39 Å². The quantitative estimate of drug-likeness (QED) is 0.737. The predicted octanol–water partition coefficient (Wildman–Crippen LogP) is 1.14. The molecule has 1 aromatic heterocycles. The van der Waals surface area contributed by atoms with Gasteiger partial charge >= 0.3 is 0 Å². The van der Waals surface area contributed by atoms with Crippen molar-refractivity contribution in [3.05, 3.63) is 29.8 Å². The zero-order chi connectivity index (χ0) is 12.5. The number of carbonyl (C=O) groups excluding carboxylic acids is 1. The lowest BCUT2D eigenvalue weighted by Crippen LogP contribution is -2.49. The maximum absolute atomic E-state index is 13.0. The highest BCUT2D eigenvalue weighted by Gasteiger charge is 2.32. The first kappa shape index (κ1) is 11.6. The van der Waals surface area contributed by atoms with Crippen molar-refractivity contribution in [3.8, 4) is 0 Å². The third-order valence-corrected chi connectivity index (χ3v) is 3.60. The molecule has 1 amide bonds. The Morgan fingerprint density at radius 2 is 1.94 bits per heavy atom. The van der Waals surface area contributed by atoms with E-state index >= 15 is 0 Å². The molecule has 1 aliphatic carbocycles. The summed E-state index contributed by atoms with van der Waals surface area (Å²) in [5, 5.41) is 0. The average molecular weight is 249 g/mol. The summed E-state index contributed by atoms with van der Waals surface area (Å²) in [6, 6.07) is 5.09. The van der Waals surface area contributed by atoms with Crippen molar-refractivity contribution in [2.75, 3.05) is 26.2 Å². The molecule has 1 saturated carbocycles. The van der Waals surface area contributed by atoms with E-state index in [-0.39, 0.29) is 11.6 Å². The van der Waals surface area contributed by atoms with Crippen LogP contribution in [0.15, 0.2) is 18.2 Å². The fourth-order valence-electron chi connectivity index (χ4n) is 2.42. The summed E-state index contributed by atoms with van der Waals surface area (Å²) in [4.78, 5) is 20.0. The predicted molar refractivity (Wildman–Crippen MR) is 64.7 cm³/mol. The van der Waals surface area contributed by atoms with Crippen molar-refractivity contribution < 1.29 is 9.18 Å². The number of hydrogen-bond donors (Lipinski definition) is 0. The van der Waals surface area contributed by atoms with Gasteiger partial charge in [-0.2, -0.15) is 4.39 Å². The van der Waals surface area contributed by atoms with Crippen molar-refractivity contribution in [3.63, 3.8) is 0 Å². The van der Waals surface area contributed by atoms with Gasteiger partial charge in [0, 0.05) is 32.2 Å². The van der Waals surface area contributed by atoms with Gasteiger partial charge in [-0.1, -0.05) is 6.07 Å². The Labute approximate surface area is 105 Å². The number of pyridine rings is 1. The van der Waals surface area contributed by atoms with E-state index in [4.69, 9.17) is 0 Å². The Bertz CT molecular complexity index is 453. The molecule has 0 unspecified atom stereocenters. The van der Waals surface area contributed by atoms with Gasteiger partial charge in [0.25, 0.3) is 5.91 Å². The Kier molecular flexibility index (Phi) is 2.99. The van der Waals surface area contributed by atoms with E-state index in [1.165, 1.54) is 25.0 Å². The molecular formula is C13H16FN3O. The highest BCUT2D eigenvalue weighted by atomic mass is 19.1. The van der Waals surface area contributed by atoms with Crippen LogP contribution in [0.2, 0.25) is 0 Å². The molecule has 0 N–H and O–H groups in total. The van der Waals surface area contributed by atoms with Crippen LogP contribution in [0.5, 0.6) is 0 Å². The SMILES string of the molecule is O=C(c1cccc(F)n1)N1CCN(C2CC2)CC1. The molecule has 1 aliphatic heterocycles. The molecule has 0 aromatic carbocycles. The minimum absolute atomic E-state index is 0.162. The lowest BCUT2D eigenvalue weighted by molar-refractivity contribution is 0.0620. The molecular weight excluding hydrogens is 233 g/mol. The fourth-order valence-corrected chi connectivity index (χ4v) is 2.42. The number of aromatic nitrogens is 1. The molecule has 0 bridgehead atoms. The first-order chi connectivity index (χ1) is 8.74. The summed E-state index contributed by atoms with van der Waals surface area (Å²) in [6.07, 6.45) is 2.58. The van der Waals surface area contributed by atoms with E-state index in [0.29, 0.717) is 13.1 Å². The van der Waals surface area contributed by atoms with E-state index in [0.717, 1.165) is 19.1 Å². The Morgan fingerprint density at radius 1 is 1.22 bits per heavy atom. The second-order valence-corrected chi connectivity index (χ2v) is 4.90. The summed E-state index contributed by atoms with van der Waals surface area (Å²) >= 11 is 0. The molecule has 5 heteroatoms. The first-order valence-corrected chi connectivity index (χ1v) is 6.40. The minimum atomic E-state index is -0.600. The van der Waals surface area contributed by atoms with Crippen LogP contribution in [-0.2, 0) is 0 Å². The van der Waals surface area contributed by atoms with E-state index < -0.39 is 5.95 Å².